The zero-order valence-electron chi connectivity index (χ0n) is 11.4. The van der Waals surface area contributed by atoms with Crippen LogP contribution in [0.15, 0.2) is 23.1 Å². The second-order valence-corrected chi connectivity index (χ2v) is 6.41. The summed E-state index contributed by atoms with van der Waals surface area (Å²) < 4.78 is 34.1. The average molecular weight is 285 g/mol. The molecule has 106 valence electrons. The van der Waals surface area contributed by atoms with Gasteiger partial charge in [-0.25, -0.2) is 0 Å². The largest absolute Gasteiger partial charge is 0.378 e. The number of aryl methyl sites for hydroxylation is 1. The Morgan fingerprint density at radius 3 is 2.79 bits per heavy atom. The predicted molar refractivity (Wildman–Crippen MR) is 71.6 cm³/mol. The van der Waals surface area contributed by atoms with E-state index in [1.807, 2.05) is 20.0 Å². The fraction of sp³-hybridized carbons (Fsp3) is 0.538. The predicted octanol–water partition coefficient (Wildman–Crippen LogP) is 1.33. The number of likely N-dealkylation sites (N-methyl/N-ethyl adjacent to an activating group) is 1. The van der Waals surface area contributed by atoms with E-state index in [1.165, 1.54) is 7.11 Å². The van der Waals surface area contributed by atoms with Crippen LogP contribution in [0.25, 0.3) is 0 Å². The number of morpholine rings is 1. The van der Waals surface area contributed by atoms with E-state index in [0.29, 0.717) is 13.2 Å². The normalized spacial score (nSPS) is 21.5. The Bertz CT molecular complexity index is 556. The van der Waals surface area contributed by atoms with Crippen molar-refractivity contribution in [3.05, 3.63) is 29.3 Å². The third-order valence-corrected chi connectivity index (χ3v) is 4.76. The van der Waals surface area contributed by atoms with Crippen LogP contribution in [0.4, 0.5) is 0 Å². The molecule has 0 radical (unpaired) electrons. The quantitative estimate of drug-likeness (QED) is 0.784. The Hall–Kier alpha value is -0.950. The van der Waals surface area contributed by atoms with Crippen molar-refractivity contribution in [2.45, 2.75) is 17.9 Å². The molecule has 1 saturated heterocycles. The van der Waals surface area contributed by atoms with Gasteiger partial charge < -0.3 is 4.74 Å². The van der Waals surface area contributed by atoms with Gasteiger partial charge in [0.15, 0.2) is 0 Å². The molecule has 19 heavy (non-hydrogen) atoms. The van der Waals surface area contributed by atoms with E-state index in [4.69, 9.17) is 4.74 Å². The summed E-state index contributed by atoms with van der Waals surface area (Å²) in [5.74, 6) is 0. The fourth-order valence-electron chi connectivity index (χ4n) is 2.26. The smallest absolute Gasteiger partial charge is 0.297 e. The molecule has 1 aliphatic heterocycles. The lowest BCUT2D eigenvalue weighted by atomic mass is 10.0. The molecule has 1 aliphatic rings. The van der Waals surface area contributed by atoms with E-state index >= 15 is 0 Å². The zero-order chi connectivity index (χ0) is 14.0. The zero-order valence-corrected chi connectivity index (χ0v) is 12.2. The number of hydrogen-bond donors (Lipinski definition) is 0. The molecule has 0 spiro atoms. The highest BCUT2D eigenvalue weighted by Gasteiger charge is 2.28. The third-order valence-electron chi connectivity index (χ3n) is 3.41. The van der Waals surface area contributed by atoms with Crippen molar-refractivity contribution >= 4 is 10.1 Å². The van der Waals surface area contributed by atoms with Gasteiger partial charge in [0.1, 0.15) is 0 Å². The molecule has 0 aromatic heterocycles. The van der Waals surface area contributed by atoms with Crippen molar-refractivity contribution in [2.24, 2.45) is 0 Å². The maximum atomic E-state index is 12.0. The van der Waals surface area contributed by atoms with Crippen LogP contribution >= 0.6 is 0 Å². The molecule has 0 saturated carbocycles. The summed E-state index contributed by atoms with van der Waals surface area (Å²) in [6.07, 6.45) is 0. The van der Waals surface area contributed by atoms with Crippen LogP contribution in [0, 0.1) is 6.92 Å². The number of hydrogen-bond acceptors (Lipinski definition) is 5. The first kappa shape index (κ1) is 14.5. The van der Waals surface area contributed by atoms with Crippen molar-refractivity contribution in [2.75, 3.05) is 33.9 Å². The number of rotatable bonds is 3. The van der Waals surface area contributed by atoms with Crippen molar-refractivity contribution in [3.63, 3.8) is 0 Å². The van der Waals surface area contributed by atoms with Crippen LogP contribution in [-0.4, -0.2) is 47.2 Å². The fourth-order valence-corrected chi connectivity index (χ4v) is 3.16. The first-order valence-electron chi connectivity index (χ1n) is 6.15. The summed E-state index contributed by atoms with van der Waals surface area (Å²) in [5, 5.41) is 0. The molecular weight excluding hydrogens is 266 g/mol. The van der Waals surface area contributed by atoms with Crippen LogP contribution < -0.4 is 0 Å². The molecule has 0 N–H and O–H groups in total. The Balaban J connectivity index is 2.51. The van der Waals surface area contributed by atoms with Crippen LogP contribution in [0.1, 0.15) is 17.2 Å². The van der Waals surface area contributed by atoms with E-state index < -0.39 is 10.1 Å². The second kappa shape index (κ2) is 5.58. The standard InChI is InChI=1S/C13H19NO4S/c1-10-4-5-13(19(15,16)17-3)11(8-10)12-9-18-7-6-14(12)2/h4-5,8,12H,6-7,9H2,1-3H3/t12-/m1/s1. The summed E-state index contributed by atoms with van der Waals surface area (Å²) in [7, 11) is -0.549. The number of benzene rings is 1. The highest BCUT2D eigenvalue weighted by Crippen LogP contribution is 2.30. The van der Waals surface area contributed by atoms with Gasteiger partial charge in [0.25, 0.3) is 10.1 Å². The molecule has 1 aromatic rings. The molecule has 0 unspecified atom stereocenters. The highest BCUT2D eigenvalue weighted by atomic mass is 32.2. The minimum atomic E-state index is -3.70. The highest BCUT2D eigenvalue weighted by molar-refractivity contribution is 7.86. The van der Waals surface area contributed by atoms with E-state index in [0.717, 1.165) is 17.7 Å². The summed E-state index contributed by atoms with van der Waals surface area (Å²) in [4.78, 5) is 2.33. The summed E-state index contributed by atoms with van der Waals surface area (Å²) in [6, 6.07) is 5.21. The van der Waals surface area contributed by atoms with Gasteiger partial charge >= 0.3 is 0 Å². The van der Waals surface area contributed by atoms with Crippen molar-refractivity contribution in [3.8, 4) is 0 Å². The lowest BCUT2D eigenvalue weighted by molar-refractivity contribution is 0.00401. The summed E-state index contributed by atoms with van der Waals surface area (Å²) >= 11 is 0. The Labute approximate surface area is 114 Å². The monoisotopic (exact) mass is 285 g/mol. The molecule has 1 fully saturated rings. The molecule has 1 aromatic carbocycles. The van der Waals surface area contributed by atoms with Crippen molar-refractivity contribution in [1.82, 2.24) is 4.90 Å². The summed E-state index contributed by atoms with van der Waals surface area (Å²) in [5.41, 5.74) is 1.76. The van der Waals surface area contributed by atoms with Crippen LogP contribution in [-0.2, 0) is 19.0 Å². The first-order valence-corrected chi connectivity index (χ1v) is 7.55. The van der Waals surface area contributed by atoms with Crippen LogP contribution in [0.2, 0.25) is 0 Å². The molecule has 1 atom stereocenters. The SMILES string of the molecule is COS(=O)(=O)c1ccc(C)cc1[C@H]1COCCN1C. The van der Waals surface area contributed by atoms with Crippen LogP contribution in [0.3, 0.4) is 0 Å². The lowest BCUT2D eigenvalue weighted by Gasteiger charge is -2.33. The van der Waals surface area contributed by atoms with Gasteiger partial charge in [-0.1, -0.05) is 17.7 Å². The molecular formula is C13H19NO4S. The number of nitrogens with zero attached hydrogens (tertiary/aromatic N) is 1. The van der Waals surface area contributed by atoms with Gasteiger partial charge in [-0.15, -0.1) is 0 Å². The average Bonchev–Trinajstić information content (AvgIpc) is 2.39. The second-order valence-electron chi connectivity index (χ2n) is 4.73. The molecule has 0 bridgehead atoms. The first-order chi connectivity index (χ1) is 8.95. The number of ether oxygens (including phenoxy) is 1. The van der Waals surface area contributed by atoms with Crippen molar-refractivity contribution in [1.29, 1.82) is 0 Å². The van der Waals surface area contributed by atoms with Gasteiger partial charge in [0.2, 0.25) is 0 Å². The Morgan fingerprint density at radius 1 is 1.42 bits per heavy atom. The topological polar surface area (TPSA) is 55.8 Å². The van der Waals surface area contributed by atoms with E-state index in [9.17, 15) is 8.42 Å². The molecule has 6 heteroatoms. The molecule has 0 aliphatic carbocycles. The molecule has 5 nitrogen and oxygen atoms in total. The maximum Gasteiger partial charge on any atom is 0.297 e. The van der Waals surface area contributed by atoms with E-state index in [2.05, 4.69) is 9.08 Å². The lowest BCUT2D eigenvalue weighted by Crippen LogP contribution is -2.37. The van der Waals surface area contributed by atoms with Gasteiger partial charge in [0, 0.05) is 6.54 Å². The van der Waals surface area contributed by atoms with E-state index in [1.54, 1.807) is 12.1 Å². The van der Waals surface area contributed by atoms with Gasteiger partial charge in [-0.05, 0) is 25.6 Å². The minimum Gasteiger partial charge on any atom is -0.378 e. The van der Waals surface area contributed by atoms with Gasteiger partial charge in [0.05, 0.1) is 31.3 Å². The summed E-state index contributed by atoms with van der Waals surface area (Å²) in [6.45, 7) is 3.89. The molecule has 2 rings (SSSR count). The van der Waals surface area contributed by atoms with Crippen LogP contribution in [0.5, 0.6) is 0 Å². The third kappa shape index (κ3) is 2.97. The Kier molecular flexibility index (Phi) is 4.25. The van der Waals surface area contributed by atoms with Crippen molar-refractivity contribution < 1.29 is 17.3 Å². The van der Waals surface area contributed by atoms with Gasteiger partial charge in [-0.2, -0.15) is 8.42 Å². The minimum absolute atomic E-state index is 0.0615. The molecule has 0 amide bonds. The molecule has 1 heterocycles. The maximum absolute atomic E-state index is 12.0. The van der Waals surface area contributed by atoms with Gasteiger partial charge in [-0.3, -0.25) is 9.08 Å². The Morgan fingerprint density at radius 2 is 2.16 bits per heavy atom. The van der Waals surface area contributed by atoms with E-state index in [-0.39, 0.29) is 10.9 Å².